The number of amides is 1. The Kier molecular flexibility index (Phi) is 4.86. The summed E-state index contributed by atoms with van der Waals surface area (Å²) in [5.74, 6) is -1.19. The van der Waals surface area contributed by atoms with E-state index in [0.717, 1.165) is 0 Å². The lowest BCUT2D eigenvalue weighted by atomic mass is 10.1. The second-order valence-corrected chi connectivity index (χ2v) is 3.76. The van der Waals surface area contributed by atoms with Gasteiger partial charge in [0.2, 0.25) is 5.91 Å². The van der Waals surface area contributed by atoms with Crippen LogP contribution in [0.5, 0.6) is 0 Å². The fourth-order valence-electron chi connectivity index (χ4n) is 1.11. The number of hydrogen-bond acceptors (Lipinski definition) is 4. The Morgan fingerprint density at radius 2 is 2.24 bits per heavy atom. The van der Waals surface area contributed by atoms with Gasteiger partial charge in [-0.15, -0.1) is 0 Å². The molecule has 0 bridgehead atoms. The molecule has 92 valence electrons. The van der Waals surface area contributed by atoms with E-state index in [4.69, 9.17) is 22.4 Å². The zero-order valence-corrected chi connectivity index (χ0v) is 9.65. The Balaban J connectivity index is 2.51. The van der Waals surface area contributed by atoms with Gasteiger partial charge in [-0.25, -0.2) is 4.98 Å². The molecule has 1 heterocycles. The highest BCUT2D eigenvalue weighted by Crippen LogP contribution is 2.09. The molecule has 1 aromatic rings. The molecule has 0 saturated heterocycles. The summed E-state index contributed by atoms with van der Waals surface area (Å²) < 4.78 is 0. The van der Waals surface area contributed by atoms with Crippen LogP contribution in [0.25, 0.3) is 0 Å². The van der Waals surface area contributed by atoms with Crippen molar-refractivity contribution in [2.75, 3.05) is 5.32 Å². The number of pyridine rings is 1. The van der Waals surface area contributed by atoms with E-state index in [2.05, 4.69) is 10.3 Å². The number of nitrogens with two attached hydrogens (primary N) is 1. The summed E-state index contributed by atoms with van der Waals surface area (Å²) in [7, 11) is 0. The number of hydrogen-bond donors (Lipinski definition) is 3. The van der Waals surface area contributed by atoms with Gasteiger partial charge in [0.05, 0.1) is 6.04 Å². The first-order valence-electron chi connectivity index (χ1n) is 4.90. The molecule has 1 rings (SSSR count). The normalized spacial score (nSPS) is 11.9. The van der Waals surface area contributed by atoms with Crippen molar-refractivity contribution in [1.29, 1.82) is 0 Å². The number of carboxylic acids is 1. The molecule has 0 aliphatic heterocycles. The molecule has 6 nitrogen and oxygen atoms in total. The van der Waals surface area contributed by atoms with Crippen LogP contribution in [0.3, 0.4) is 0 Å². The maximum Gasteiger partial charge on any atom is 0.303 e. The zero-order chi connectivity index (χ0) is 12.8. The summed E-state index contributed by atoms with van der Waals surface area (Å²) in [5, 5.41) is 11.2. The number of nitrogens with zero attached hydrogens (tertiary/aromatic N) is 1. The standard InChI is InChI=1S/C10H12ClN3O3/c11-7-2-1-3-8(13-7)14-10(17)6(12)4-5-9(15)16/h1-3,6H,4-5,12H2,(H,15,16)(H,13,14,17). The van der Waals surface area contributed by atoms with Crippen LogP contribution in [0.15, 0.2) is 18.2 Å². The van der Waals surface area contributed by atoms with Crippen molar-refractivity contribution in [3.63, 3.8) is 0 Å². The third-order valence-corrected chi connectivity index (χ3v) is 2.18. The Morgan fingerprint density at radius 1 is 1.53 bits per heavy atom. The number of carboxylic acid groups (broad SMARTS) is 1. The Morgan fingerprint density at radius 3 is 2.82 bits per heavy atom. The minimum atomic E-state index is -0.992. The van der Waals surface area contributed by atoms with Gasteiger partial charge in [0.1, 0.15) is 11.0 Å². The van der Waals surface area contributed by atoms with Gasteiger partial charge >= 0.3 is 5.97 Å². The average molecular weight is 258 g/mol. The average Bonchev–Trinajstić information content (AvgIpc) is 2.25. The molecule has 0 fully saturated rings. The van der Waals surface area contributed by atoms with Crippen molar-refractivity contribution in [1.82, 2.24) is 4.98 Å². The van der Waals surface area contributed by atoms with Gasteiger partial charge in [-0.1, -0.05) is 17.7 Å². The summed E-state index contributed by atoms with van der Waals surface area (Å²) in [5.41, 5.74) is 5.52. The molecule has 0 radical (unpaired) electrons. The first-order chi connectivity index (χ1) is 7.99. The number of rotatable bonds is 5. The number of nitrogens with one attached hydrogen (secondary N) is 1. The second-order valence-electron chi connectivity index (χ2n) is 3.37. The van der Waals surface area contributed by atoms with Crippen molar-refractivity contribution in [2.24, 2.45) is 5.73 Å². The van der Waals surface area contributed by atoms with Crippen LogP contribution in [0.2, 0.25) is 5.15 Å². The Hall–Kier alpha value is -1.66. The van der Waals surface area contributed by atoms with Crippen LogP contribution in [0.4, 0.5) is 5.82 Å². The first kappa shape index (κ1) is 13.4. The lowest BCUT2D eigenvalue weighted by Crippen LogP contribution is -2.36. The van der Waals surface area contributed by atoms with Crippen molar-refractivity contribution in [3.8, 4) is 0 Å². The number of halogens is 1. The van der Waals surface area contributed by atoms with E-state index in [1.165, 1.54) is 0 Å². The molecule has 0 aromatic carbocycles. The van der Waals surface area contributed by atoms with Gasteiger partial charge in [-0.05, 0) is 18.6 Å². The molecular formula is C10H12ClN3O3. The fourth-order valence-corrected chi connectivity index (χ4v) is 1.27. The van der Waals surface area contributed by atoms with Gasteiger partial charge in [0, 0.05) is 6.42 Å². The van der Waals surface area contributed by atoms with E-state index < -0.39 is 17.9 Å². The summed E-state index contributed by atoms with van der Waals surface area (Å²) >= 11 is 5.64. The first-order valence-corrected chi connectivity index (χ1v) is 5.27. The van der Waals surface area contributed by atoms with E-state index in [-0.39, 0.29) is 23.8 Å². The van der Waals surface area contributed by atoms with E-state index in [1.54, 1.807) is 18.2 Å². The van der Waals surface area contributed by atoms with Gasteiger partial charge in [0.25, 0.3) is 0 Å². The molecular weight excluding hydrogens is 246 g/mol. The van der Waals surface area contributed by atoms with Gasteiger partial charge in [-0.3, -0.25) is 9.59 Å². The maximum absolute atomic E-state index is 11.5. The topological polar surface area (TPSA) is 105 Å². The van der Waals surface area contributed by atoms with Gasteiger partial charge < -0.3 is 16.2 Å². The highest BCUT2D eigenvalue weighted by Gasteiger charge is 2.15. The molecule has 1 atom stereocenters. The molecule has 0 spiro atoms. The van der Waals surface area contributed by atoms with Crippen LogP contribution in [0.1, 0.15) is 12.8 Å². The van der Waals surface area contributed by atoms with E-state index in [1.807, 2.05) is 0 Å². The summed E-state index contributed by atoms with van der Waals surface area (Å²) in [6.45, 7) is 0. The van der Waals surface area contributed by atoms with Gasteiger partial charge in [0.15, 0.2) is 0 Å². The predicted molar refractivity (Wildman–Crippen MR) is 62.7 cm³/mol. The highest BCUT2D eigenvalue weighted by atomic mass is 35.5. The van der Waals surface area contributed by atoms with Gasteiger partial charge in [-0.2, -0.15) is 0 Å². The van der Waals surface area contributed by atoms with Crippen LogP contribution < -0.4 is 11.1 Å². The second kappa shape index (κ2) is 6.17. The molecule has 0 aliphatic carbocycles. The number of carbonyl (C=O) groups is 2. The maximum atomic E-state index is 11.5. The minimum absolute atomic E-state index is 0.0712. The fraction of sp³-hybridized carbons (Fsp3) is 0.300. The van der Waals surface area contributed by atoms with E-state index >= 15 is 0 Å². The van der Waals surface area contributed by atoms with E-state index in [9.17, 15) is 9.59 Å². The number of aromatic nitrogens is 1. The summed E-state index contributed by atoms with van der Waals surface area (Å²) in [6, 6.07) is 3.88. The van der Waals surface area contributed by atoms with Crippen LogP contribution >= 0.6 is 11.6 Å². The van der Waals surface area contributed by atoms with Crippen molar-refractivity contribution < 1.29 is 14.7 Å². The highest BCUT2D eigenvalue weighted by molar-refractivity contribution is 6.29. The SMILES string of the molecule is NC(CCC(=O)O)C(=O)Nc1cccc(Cl)n1. The van der Waals surface area contributed by atoms with Crippen molar-refractivity contribution >= 4 is 29.3 Å². The van der Waals surface area contributed by atoms with Crippen LogP contribution in [-0.4, -0.2) is 28.0 Å². The molecule has 1 amide bonds. The zero-order valence-electron chi connectivity index (χ0n) is 8.89. The molecule has 4 N–H and O–H groups in total. The number of carbonyl (C=O) groups excluding carboxylic acids is 1. The van der Waals surface area contributed by atoms with E-state index in [0.29, 0.717) is 0 Å². The van der Waals surface area contributed by atoms with Crippen molar-refractivity contribution in [2.45, 2.75) is 18.9 Å². The lowest BCUT2D eigenvalue weighted by molar-refractivity contribution is -0.137. The molecule has 7 heteroatoms. The van der Waals surface area contributed by atoms with Crippen LogP contribution in [-0.2, 0) is 9.59 Å². The Labute approximate surface area is 103 Å². The van der Waals surface area contributed by atoms with Crippen LogP contribution in [0, 0.1) is 0 Å². The quantitative estimate of drug-likeness (QED) is 0.679. The number of aliphatic carboxylic acids is 1. The smallest absolute Gasteiger partial charge is 0.303 e. The molecule has 1 unspecified atom stereocenters. The predicted octanol–water partition coefficient (Wildman–Crippen LogP) is 0.866. The minimum Gasteiger partial charge on any atom is -0.481 e. The Bertz CT molecular complexity index is 425. The largest absolute Gasteiger partial charge is 0.481 e. The summed E-state index contributed by atoms with van der Waals surface area (Å²) in [4.78, 5) is 25.7. The van der Waals surface area contributed by atoms with Crippen molar-refractivity contribution in [3.05, 3.63) is 23.4 Å². The molecule has 0 aliphatic rings. The molecule has 0 saturated carbocycles. The number of anilines is 1. The third-order valence-electron chi connectivity index (χ3n) is 1.97. The molecule has 1 aromatic heterocycles. The monoisotopic (exact) mass is 257 g/mol. The third kappa shape index (κ3) is 4.80. The lowest BCUT2D eigenvalue weighted by Gasteiger charge is -2.10. The molecule has 17 heavy (non-hydrogen) atoms. The summed E-state index contributed by atoms with van der Waals surface area (Å²) in [6.07, 6.45) is -0.0840.